The summed E-state index contributed by atoms with van der Waals surface area (Å²) in [5, 5.41) is 6.24. The van der Waals surface area contributed by atoms with E-state index in [0.717, 1.165) is 23.7 Å². The van der Waals surface area contributed by atoms with Gasteiger partial charge in [0.1, 0.15) is 15.6 Å². The lowest BCUT2D eigenvalue weighted by atomic mass is 10.2. The Kier molecular flexibility index (Phi) is 8.14. The van der Waals surface area contributed by atoms with Gasteiger partial charge in [-0.05, 0) is 30.6 Å². The zero-order valence-corrected chi connectivity index (χ0v) is 14.0. The van der Waals surface area contributed by atoms with Crippen molar-refractivity contribution in [2.75, 3.05) is 17.6 Å². The maximum atomic E-state index is 11.6. The van der Waals surface area contributed by atoms with E-state index >= 15 is 0 Å². The molecule has 1 aromatic heterocycles. The highest BCUT2D eigenvalue weighted by molar-refractivity contribution is 7.99. The van der Waals surface area contributed by atoms with Gasteiger partial charge in [-0.15, -0.1) is 11.8 Å². The molecule has 0 fully saturated rings. The van der Waals surface area contributed by atoms with E-state index in [1.54, 1.807) is 0 Å². The summed E-state index contributed by atoms with van der Waals surface area (Å²) in [5.74, 6) is 0.330. The van der Waals surface area contributed by atoms with Crippen LogP contribution in [-0.4, -0.2) is 28.6 Å². The largest absolute Gasteiger partial charge is 0.365 e. The Morgan fingerprint density at radius 1 is 1.29 bits per heavy atom. The Morgan fingerprint density at radius 3 is 2.67 bits per heavy atom. The zero-order valence-electron chi connectivity index (χ0n) is 12.4. The zero-order chi connectivity index (χ0) is 15.7. The summed E-state index contributed by atoms with van der Waals surface area (Å²) in [7, 11) is 0. The lowest BCUT2D eigenvalue weighted by Crippen LogP contribution is -2.28. The van der Waals surface area contributed by atoms with Crippen LogP contribution in [0.15, 0.2) is 5.03 Å². The first-order valence-electron chi connectivity index (χ1n) is 7.07. The maximum Gasteiger partial charge on any atom is 0.319 e. The van der Waals surface area contributed by atoms with E-state index in [4.69, 9.17) is 5.73 Å². The van der Waals surface area contributed by atoms with Crippen LogP contribution in [0.1, 0.15) is 49.9 Å². The summed E-state index contributed by atoms with van der Waals surface area (Å²) in [5.41, 5.74) is 5.72. The van der Waals surface area contributed by atoms with Gasteiger partial charge in [0, 0.05) is 6.54 Å². The van der Waals surface area contributed by atoms with Crippen LogP contribution in [0.25, 0.3) is 0 Å². The number of nitrogens with one attached hydrogen (secondary N) is 2. The average Bonchev–Trinajstić information content (AvgIpc) is 2.81. The standard InChI is InChI=1S/C13H22N4O2S2/c1-3-5-6-7-8-20-12-9(10(14)18)11(21-17-12)16-13(19)15-4-2/h3-8H2,1-2H3,(H2,14,18)(H2,15,16,19). The topological polar surface area (TPSA) is 97.1 Å². The maximum absolute atomic E-state index is 11.6. The van der Waals surface area contributed by atoms with Crippen molar-refractivity contribution in [2.45, 2.75) is 44.6 Å². The smallest absolute Gasteiger partial charge is 0.319 e. The number of primary amides is 1. The highest BCUT2D eigenvalue weighted by Gasteiger charge is 2.20. The Balaban J connectivity index is 2.65. The Labute approximate surface area is 133 Å². The normalized spacial score (nSPS) is 10.4. The van der Waals surface area contributed by atoms with E-state index in [0.29, 0.717) is 22.1 Å². The van der Waals surface area contributed by atoms with Gasteiger partial charge in [0.2, 0.25) is 0 Å². The van der Waals surface area contributed by atoms with Crippen molar-refractivity contribution >= 4 is 40.2 Å². The number of carbonyl (C=O) groups is 2. The molecular formula is C13H22N4O2S2. The summed E-state index contributed by atoms with van der Waals surface area (Å²) in [6, 6.07) is -0.358. The highest BCUT2D eigenvalue weighted by atomic mass is 32.2. The summed E-state index contributed by atoms with van der Waals surface area (Å²) in [6.45, 7) is 4.49. The van der Waals surface area contributed by atoms with Gasteiger partial charge in [-0.25, -0.2) is 4.79 Å². The minimum absolute atomic E-state index is 0.312. The first-order valence-corrected chi connectivity index (χ1v) is 8.83. The molecule has 6 nitrogen and oxygen atoms in total. The molecule has 4 N–H and O–H groups in total. The molecule has 0 unspecified atom stereocenters. The van der Waals surface area contributed by atoms with Crippen molar-refractivity contribution in [3.05, 3.63) is 5.56 Å². The Hall–Kier alpha value is -1.28. The van der Waals surface area contributed by atoms with Crippen LogP contribution in [-0.2, 0) is 0 Å². The molecular weight excluding hydrogens is 308 g/mol. The van der Waals surface area contributed by atoms with E-state index in [1.165, 1.54) is 31.0 Å². The number of urea groups is 1. The monoisotopic (exact) mass is 330 g/mol. The van der Waals surface area contributed by atoms with Crippen LogP contribution in [0, 0.1) is 0 Å². The van der Waals surface area contributed by atoms with Crippen LogP contribution < -0.4 is 16.4 Å². The number of hydrogen-bond acceptors (Lipinski definition) is 5. The molecule has 0 aliphatic heterocycles. The van der Waals surface area contributed by atoms with Crippen LogP contribution in [0.5, 0.6) is 0 Å². The van der Waals surface area contributed by atoms with Gasteiger partial charge >= 0.3 is 6.03 Å². The molecule has 0 aliphatic carbocycles. The van der Waals surface area contributed by atoms with E-state index < -0.39 is 5.91 Å². The number of aromatic nitrogens is 1. The molecule has 1 rings (SSSR count). The minimum atomic E-state index is -0.563. The van der Waals surface area contributed by atoms with Crippen LogP contribution in [0.4, 0.5) is 9.80 Å². The van der Waals surface area contributed by atoms with Gasteiger partial charge in [-0.2, -0.15) is 4.37 Å². The van der Waals surface area contributed by atoms with E-state index in [-0.39, 0.29) is 6.03 Å². The van der Waals surface area contributed by atoms with Gasteiger partial charge in [0.05, 0.1) is 0 Å². The minimum Gasteiger partial charge on any atom is -0.365 e. The fraction of sp³-hybridized carbons (Fsp3) is 0.615. The van der Waals surface area contributed by atoms with Crippen LogP contribution >= 0.6 is 23.3 Å². The third-order valence-corrected chi connectivity index (χ3v) is 4.65. The fourth-order valence-electron chi connectivity index (χ4n) is 1.68. The lowest BCUT2D eigenvalue weighted by molar-refractivity contribution is 0.0998. The van der Waals surface area contributed by atoms with Gasteiger partial charge < -0.3 is 11.1 Å². The van der Waals surface area contributed by atoms with Gasteiger partial charge in [-0.3, -0.25) is 10.1 Å². The number of nitrogens with two attached hydrogens (primary N) is 1. The Bertz CT molecular complexity index is 477. The predicted octanol–water partition coefficient (Wildman–Crippen LogP) is 3.06. The SMILES string of the molecule is CCCCCCSc1nsc(NC(=O)NCC)c1C(N)=O. The van der Waals surface area contributed by atoms with Crippen molar-refractivity contribution in [3.8, 4) is 0 Å². The summed E-state index contributed by atoms with van der Waals surface area (Å²) >= 11 is 2.60. The van der Waals surface area contributed by atoms with E-state index in [9.17, 15) is 9.59 Å². The molecule has 0 aliphatic rings. The summed E-state index contributed by atoms with van der Waals surface area (Å²) < 4.78 is 4.23. The number of amides is 3. The van der Waals surface area contributed by atoms with Crippen molar-refractivity contribution in [1.82, 2.24) is 9.69 Å². The number of nitrogens with zero attached hydrogens (tertiary/aromatic N) is 1. The number of thioether (sulfide) groups is 1. The molecule has 0 saturated carbocycles. The molecule has 21 heavy (non-hydrogen) atoms. The van der Waals surface area contributed by atoms with Crippen LogP contribution in [0.3, 0.4) is 0 Å². The first-order chi connectivity index (χ1) is 10.1. The second-order valence-electron chi connectivity index (χ2n) is 4.45. The van der Waals surface area contributed by atoms with Gasteiger partial charge in [0.25, 0.3) is 5.91 Å². The van der Waals surface area contributed by atoms with Crippen molar-refractivity contribution < 1.29 is 9.59 Å². The summed E-state index contributed by atoms with van der Waals surface area (Å²) in [4.78, 5) is 23.1. The molecule has 0 radical (unpaired) electrons. The van der Waals surface area contributed by atoms with Crippen molar-refractivity contribution in [2.24, 2.45) is 5.73 Å². The molecule has 0 atom stereocenters. The summed E-state index contributed by atoms with van der Waals surface area (Å²) in [6.07, 6.45) is 4.65. The number of unbranched alkanes of at least 4 members (excludes halogenated alkanes) is 3. The molecule has 8 heteroatoms. The molecule has 0 aromatic carbocycles. The van der Waals surface area contributed by atoms with E-state index in [1.807, 2.05) is 6.92 Å². The quantitative estimate of drug-likeness (QED) is 0.479. The average molecular weight is 330 g/mol. The van der Waals surface area contributed by atoms with Crippen molar-refractivity contribution in [1.29, 1.82) is 0 Å². The van der Waals surface area contributed by atoms with Gasteiger partial charge in [-0.1, -0.05) is 26.2 Å². The van der Waals surface area contributed by atoms with Crippen molar-refractivity contribution in [3.63, 3.8) is 0 Å². The first kappa shape index (κ1) is 17.8. The molecule has 0 spiro atoms. The highest BCUT2D eigenvalue weighted by Crippen LogP contribution is 2.32. The van der Waals surface area contributed by atoms with Crippen LogP contribution in [0.2, 0.25) is 0 Å². The predicted molar refractivity (Wildman–Crippen MR) is 88.2 cm³/mol. The molecule has 0 saturated heterocycles. The molecule has 0 bridgehead atoms. The second kappa shape index (κ2) is 9.62. The third kappa shape index (κ3) is 5.92. The number of rotatable bonds is 9. The third-order valence-electron chi connectivity index (χ3n) is 2.71. The fourth-order valence-corrected chi connectivity index (χ4v) is 3.65. The number of anilines is 1. The molecule has 1 aromatic rings. The second-order valence-corrected chi connectivity index (χ2v) is 6.31. The number of hydrogen-bond donors (Lipinski definition) is 3. The Morgan fingerprint density at radius 2 is 2.05 bits per heavy atom. The molecule has 1 heterocycles. The van der Waals surface area contributed by atoms with Gasteiger partial charge in [0.15, 0.2) is 0 Å². The van der Waals surface area contributed by atoms with E-state index in [2.05, 4.69) is 21.9 Å². The molecule has 118 valence electrons. The number of carbonyl (C=O) groups excluding carboxylic acids is 2. The lowest BCUT2D eigenvalue weighted by Gasteiger charge is -2.05. The molecule has 3 amide bonds.